The van der Waals surface area contributed by atoms with Crippen molar-refractivity contribution in [3.05, 3.63) is 84.9 Å². The molecule has 0 saturated heterocycles. The molecule has 0 fully saturated rings. The van der Waals surface area contributed by atoms with Gasteiger partial charge in [0.2, 0.25) is 5.91 Å². The predicted molar refractivity (Wildman–Crippen MR) is 122 cm³/mol. The van der Waals surface area contributed by atoms with E-state index in [-0.39, 0.29) is 5.91 Å². The van der Waals surface area contributed by atoms with E-state index >= 15 is 0 Å². The number of anilines is 1. The Balaban J connectivity index is 1.22. The van der Waals surface area contributed by atoms with Gasteiger partial charge in [0, 0.05) is 35.9 Å². The minimum atomic E-state index is 0.109. The average molecular weight is 428 g/mol. The molecule has 4 aromatic rings. The molecule has 0 saturated carbocycles. The molecule has 0 spiro atoms. The number of thioether (sulfide) groups is 1. The van der Waals surface area contributed by atoms with Crippen molar-refractivity contribution in [2.75, 3.05) is 17.2 Å². The van der Waals surface area contributed by atoms with Gasteiger partial charge in [-0.05, 0) is 48.7 Å². The maximum Gasteiger partial charge on any atom is 0.237 e. The summed E-state index contributed by atoms with van der Waals surface area (Å²) in [7, 11) is 0. The Hall–Kier alpha value is -3.45. The standard InChI is InChI=1S/C24H21N5OS/c30-24(29-14-3-5-19-4-1-2-6-22(19)29)16-31-23-12-11-21(26-27-23)18-7-9-20(10-8-18)28-15-13-25-17-28/h1-2,4,6-13,15,17H,3,5,14,16H2. The third kappa shape index (κ3) is 4.22. The van der Waals surface area contributed by atoms with Crippen molar-refractivity contribution in [1.29, 1.82) is 0 Å². The first-order valence-corrected chi connectivity index (χ1v) is 11.2. The fourth-order valence-corrected chi connectivity index (χ4v) is 4.46. The smallest absolute Gasteiger partial charge is 0.237 e. The third-order valence-corrected chi connectivity index (χ3v) is 6.27. The fourth-order valence-electron chi connectivity index (χ4n) is 3.77. The van der Waals surface area contributed by atoms with E-state index in [1.54, 1.807) is 12.5 Å². The summed E-state index contributed by atoms with van der Waals surface area (Å²) in [5, 5.41) is 9.42. The Morgan fingerprint density at radius 3 is 2.65 bits per heavy atom. The van der Waals surface area contributed by atoms with Crippen LogP contribution in [0.4, 0.5) is 5.69 Å². The van der Waals surface area contributed by atoms with E-state index in [9.17, 15) is 4.79 Å². The molecular formula is C24H21N5OS. The van der Waals surface area contributed by atoms with Gasteiger partial charge in [-0.2, -0.15) is 0 Å². The number of carbonyl (C=O) groups excluding carboxylic acids is 1. The van der Waals surface area contributed by atoms with Gasteiger partial charge in [0.1, 0.15) is 5.03 Å². The molecule has 0 unspecified atom stereocenters. The number of amides is 1. The van der Waals surface area contributed by atoms with E-state index < -0.39 is 0 Å². The van der Waals surface area contributed by atoms with Crippen molar-refractivity contribution < 1.29 is 4.79 Å². The molecule has 6 nitrogen and oxygen atoms in total. The van der Waals surface area contributed by atoms with E-state index in [2.05, 4.69) is 21.2 Å². The number of benzene rings is 2. The highest BCUT2D eigenvalue weighted by atomic mass is 32.2. The first-order chi connectivity index (χ1) is 15.3. The van der Waals surface area contributed by atoms with Crippen molar-refractivity contribution in [2.45, 2.75) is 17.9 Å². The maximum absolute atomic E-state index is 12.8. The maximum atomic E-state index is 12.8. The van der Waals surface area contributed by atoms with E-state index in [0.717, 1.165) is 47.0 Å². The van der Waals surface area contributed by atoms with Gasteiger partial charge in [-0.25, -0.2) is 4.98 Å². The van der Waals surface area contributed by atoms with E-state index in [0.29, 0.717) is 5.75 Å². The van der Waals surface area contributed by atoms with Crippen LogP contribution >= 0.6 is 11.8 Å². The quantitative estimate of drug-likeness (QED) is 0.442. The highest BCUT2D eigenvalue weighted by Gasteiger charge is 2.22. The molecule has 2 aromatic carbocycles. The molecule has 154 valence electrons. The van der Waals surface area contributed by atoms with Gasteiger partial charge in [0.15, 0.2) is 0 Å². The second-order valence-corrected chi connectivity index (χ2v) is 8.34. The lowest BCUT2D eigenvalue weighted by molar-refractivity contribution is -0.116. The first-order valence-electron chi connectivity index (χ1n) is 10.2. The van der Waals surface area contributed by atoms with E-state index in [1.165, 1.54) is 17.3 Å². The number of imidazole rings is 1. The summed E-state index contributed by atoms with van der Waals surface area (Å²) < 4.78 is 1.95. The monoisotopic (exact) mass is 427 g/mol. The topological polar surface area (TPSA) is 63.9 Å². The third-order valence-electron chi connectivity index (χ3n) is 5.36. The minimum absolute atomic E-state index is 0.109. The zero-order valence-electron chi connectivity index (χ0n) is 16.9. The van der Waals surface area contributed by atoms with Crippen LogP contribution in [0.25, 0.3) is 16.9 Å². The lowest BCUT2D eigenvalue weighted by Crippen LogP contribution is -2.36. The molecule has 31 heavy (non-hydrogen) atoms. The van der Waals surface area contributed by atoms with E-state index in [4.69, 9.17) is 0 Å². The van der Waals surface area contributed by atoms with Gasteiger partial charge in [-0.1, -0.05) is 42.1 Å². The molecule has 0 bridgehead atoms. The highest BCUT2D eigenvalue weighted by Crippen LogP contribution is 2.28. The van der Waals surface area contributed by atoms with Gasteiger partial charge < -0.3 is 9.47 Å². The Kier molecular flexibility index (Phi) is 5.50. The summed E-state index contributed by atoms with van der Waals surface area (Å²) in [6.07, 6.45) is 7.46. The number of para-hydroxylation sites is 1. The number of nitrogens with zero attached hydrogens (tertiary/aromatic N) is 5. The molecule has 0 radical (unpaired) electrons. The molecule has 3 heterocycles. The van der Waals surface area contributed by atoms with Crippen molar-refractivity contribution in [2.24, 2.45) is 0 Å². The number of fused-ring (bicyclic) bond motifs is 1. The van der Waals surface area contributed by atoms with Crippen LogP contribution in [0.5, 0.6) is 0 Å². The highest BCUT2D eigenvalue weighted by molar-refractivity contribution is 7.99. The number of aromatic nitrogens is 4. The van der Waals surface area contributed by atoms with Gasteiger partial charge >= 0.3 is 0 Å². The second-order valence-electron chi connectivity index (χ2n) is 7.34. The van der Waals surface area contributed by atoms with Crippen LogP contribution in [-0.2, 0) is 11.2 Å². The van der Waals surface area contributed by atoms with Crippen LogP contribution in [0.1, 0.15) is 12.0 Å². The van der Waals surface area contributed by atoms with Crippen LogP contribution in [0, 0.1) is 0 Å². The minimum Gasteiger partial charge on any atom is -0.311 e. The van der Waals surface area contributed by atoms with E-state index in [1.807, 2.05) is 70.3 Å². The van der Waals surface area contributed by atoms with Crippen molar-refractivity contribution in [3.8, 4) is 16.9 Å². The van der Waals surface area contributed by atoms with Crippen molar-refractivity contribution in [1.82, 2.24) is 19.7 Å². The number of aryl methyl sites for hydroxylation is 1. The van der Waals surface area contributed by atoms with Crippen molar-refractivity contribution in [3.63, 3.8) is 0 Å². The van der Waals surface area contributed by atoms with Crippen LogP contribution in [0.3, 0.4) is 0 Å². The lowest BCUT2D eigenvalue weighted by Gasteiger charge is -2.29. The lowest BCUT2D eigenvalue weighted by atomic mass is 10.0. The summed E-state index contributed by atoms with van der Waals surface area (Å²) in [6.45, 7) is 0.774. The zero-order valence-corrected chi connectivity index (χ0v) is 17.7. The molecule has 2 aromatic heterocycles. The number of rotatable bonds is 5. The summed E-state index contributed by atoms with van der Waals surface area (Å²) in [5.74, 6) is 0.459. The van der Waals surface area contributed by atoms with Crippen molar-refractivity contribution >= 4 is 23.4 Å². The fraction of sp³-hybridized carbons (Fsp3) is 0.167. The normalized spacial score (nSPS) is 13.1. The molecule has 7 heteroatoms. The molecule has 1 aliphatic rings. The molecular weight excluding hydrogens is 406 g/mol. The van der Waals surface area contributed by atoms with Crippen LogP contribution in [0.15, 0.2) is 84.4 Å². The first kappa shape index (κ1) is 19.5. The summed E-state index contributed by atoms with van der Waals surface area (Å²) in [4.78, 5) is 18.8. The number of hydrogen-bond donors (Lipinski definition) is 0. The van der Waals surface area contributed by atoms with Gasteiger partial charge in [-0.3, -0.25) is 4.79 Å². The predicted octanol–water partition coefficient (Wildman–Crippen LogP) is 4.40. The Labute approximate surface area is 185 Å². The molecule has 0 N–H and O–H groups in total. The summed E-state index contributed by atoms with van der Waals surface area (Å²) in [5.41, 5.74) is 5.13. The molecule has 1 aliphatic heterocycles. The molecule has 0 atom stereocenters. The Morgan fingerprint density at radius 1 is 1.00 bits per heavy atom. The summed E-state index contributed by atoms with van der Waals surface area (Å²) >= 11 is 1.43. The summed E-state index contributed by atoms with van der Waals surface area (Å²) in [6, 6.07) is 20.1. The average Bonchev–Trinajstić information content (AvgIpc) is 3.38. The Morgan fingerprint density at radius 2 is 1.87 bits per heavy atom. The van der Waals surface area contributed by atoms with Crippen LogP contribution in [0.2, 0.25) is 0 Å². The van der Waals surface area contributed by atoms with Gasteiger partial charge in [0.25, 0.3) is 0 Å². The molecule has 0 aliphatic carbocycles. The van der Waals surface area contributed by atoms with Crippen LogP contribution in [-0.4, -0.2) is 38.0 Å². The number of hydrogen-bond acceptors (Lipinski definition) is 5. The van der Waals surface area contributed by atoms with Gasteiger partial charge in [-0.15, -0.1) is 10.2 Å². The van der Waals surface area contributed by atoms with Gasteiger partial charge in [0.05, 0.1) is 17.8 Å². The van der Waals surface area contributed by atoms with Crippen LogP contribution < -0.4 is 4.90 Å². The zero-order chi connectivity index (χ0) is 21.0. The number of carbonyl (C=O) groups is 1. The second kappa shape index (κ2) is 8.73. The molecule has 5 rings (SSSR count). The Bertz CT molecular complexity index is 1170. The largest absolute Gasteiger partial charge is 0.311 e. The SMILES string of the molecule is O=C(CSc1ccc(-c2ccc(-n3ccnc3)cc2)nn1)N1CCCc2ccccc21. The molecule has 1 amide bonds.